The van der Waals surface area contributed by atoms with Crippen molar-refractivity contribution in [2.24, 2.45) is 0 Å². The van der Waals surface area contributed by atoms with Gasteiger partial charge in [0.25, 0.3) is 11.7 Å². The molecule has 6 heteroatoms. The fraction of sp³-hybridized carbons (Fsp3) is 0.333. The minimum Gasteiger partial charge on any atom is -0.507 e. The third-order valence-corrected chi connectivity index (χ3v) is 5.56. The van der Waals surface area contributed by atoms with E-state index in [1.165, 1.54) is 0 Å². The number of amides is 1. The molecule has 5 nitrogen and oxygen atoms in total. The lowest BCUT2D eigenvalue weighted by Crippen LogP contribution is -2.37. The molecule has 1 N–H and O–H groups in total. The first-order chi connectivity index (χ1) is 13.0. The minimum atomic E-state index is -0.721. The van der Waals surface area contributed by atoms with Crippen LogP contribution in [0.1, 0.15) is 48.8 Å². The number of benzene rings is 1. The fourth-order valence-corrected chi connectivity index (χ4v) is 4.27. The molecule has 2 heterocycles. The number of halogens is 1. The molecule has 1 amide bonds. The molecule has 1 aromatic carbocycles. The Bertz CT molecular complexity index is 939. The number of carbonyl (C=O) groups is 2. The van der Waals surface area contributed by atoms with Crippen molar-refractivity contribution < 1.29 is 19.1 Å². The molecule has 2 aliphatic rings. The Morgan fingerprint density at radius 2 is 1.93 bits per heavy atom. The summed E-state index contributed by atoms with van der Waals surface area (Å²) in [4.78, 5) is 27.3. The molecule has 0 bridgehead atoms. The topological polar surface area (TPSA) is 70.8 Å². The highest BCUT2D eigenvalue weighted by Crippen LogP contribution is 2.43. The number of likely N-dealkylation sites (tertiary alicyclic amines) is 1. The van der Waals surface area contributed by atoms with Gasteiger partial charge in [-0.3, -0.25) is 9.59 Å². The molecule has 1 saturated carbocycles. The van der Waals surface area contributed by atoms with Crippen molar-refractivity contribution >= 4 is 29.1 Å². The third kappa shape index (κ3) is 3.06. The number of aliphatic hydroxyl groups excluding tert-OH is 1. The number of hydrogen-bond acceptors (Lipinski definition) is 4. The first kappa shape index (κ1) is 17.9. The van der Waals surface area contributed by atoms with Crippen LogP contribution in [0.25, 0.3) is 5.76 Å². The largest absolute Gasteiger partial charge is 0.507 e. The molecule has 1 aliphatic heterocycles. The summed E-state index contributed by atoms with van der Waals surface area (Å²) in [6.07, 6.45) is 3.73. The standard InChI is InChI=1S/C21H20ClNO4/c1-12-9-10-16(27-12)18-17(19(24)13-5-4-6-14(22)11-13)20(25)21(26)23(18)15-7-2-3-8-15/h4-6,9-11,15,18,24H,2-3,7-8H2,1H3/b19-17-. The van der Waals surface area contributed by atoms with Crippen LogP contribution >= 0.6 is 11.6 Å². The number of nitrogens with zero attached hydrogens (tertiary/aromatic N) is 1. The normalized spacial score (nSPS) is 22.7. The van der Waals surface area contributed by atoms with Gasteiger partial charge in [-0.15, -0.1) is 0 Å². The molecule has 1 atom stereocenters. The SMILES string of the molecule is Cc1ccc(C2/C(=C(/O)c3cccc(Cl)c3)C(=O)C(=O)N2C2CCCC2)o1. The molecule has 27 heavy (non-hydrogen) atoms. The number of aryl methyl sites for hydroxylation is 1. The highest BCUT2D eigenvalue weighted by Gasteiger charge is 2.50. The summed E-state index contributed by atoms with van der Waals surface area (Å²) in [6.45, 7) is 1.81. The number of Topliss-reactive ketones (excluding diaryl/α,β-unsaturated/α-hetero) is 1. The Morgan fingerprint density at radius 3 is 2.56 bits per heavy atom. The van der Waals surface area contributed by atoms with Crippen LogP contribution in [0.15, 0.2) is 46.4 Å². The number of rotatable bonds is 3. The van der Waals surface area contributed by atoms with Gasteiger partial charge in [0.2, 0.25) is 0 Å². The molecule has 0 radical (unpaired) electrons. The van der Waals surface area contributed by atoms with Crippen LogP contribution in [-0.2, 0) is 9.59 Å². The highest BCUT2D eigenvalue weighted by atomic mass is 35.5. The van der Waals surface area contributed by atoms with E-state index in [9.17, 15) is 14.7 Å². The van der Waals surface area contributed by atoms with Gasteiger partial charge in [0, 0.05) is 16.6 Å². The molecule has 1 saturated heterocycles. The molecular formula is C21H20ClNO4. The summed E-state index contributed by atoms with van der Waals surface area (Å²) in [5.41, 5.74) is 0.462. The van der Waals surface area contributed by atoms with Gasteiger partial charge in [-0.2, -0.15) is 0 Å². The minimum absolute atomic E-state index is 0.0264. The lowest BCUT2D eigenvalue weighted by molar-refractivity contribution is -0.141. The summed E-state index contributed by atoms with van der Waals surface area (Å²) < 4.78 is 5.78. The molecule has 0 spiro atoms. The van der Waals surface area contributed by atoms with Gasteiger partial charge in [0.1, 0.15) is 23.3 Å². The van der Waals surface area contributed by atoms with Gasteiger partial charge in [-0.05, 0) is 44.0 Å². The van der Waals surface area contributed by atoms with E-state index in [0.29, 0.717) is 22.1 Å². The second kappa shape index (κ2) is 6.89. The number of furan rings is 1. The zero-order chi connectivity index (χ0) is 19.1. The number of ketones is 1. The maximum Gasteiger partial charge on any atom is 0.296 e. The van der Waals surface area contributed by atoms with Crippen LogP contribution in [0, 0.1) is 6.92 Å². The molecule has 1 unspecified atom stereocenters. The molecule has 1 aromatic heterocycles. The molecule has 2 fully saturated rings. The first-order valence-corrected chi connectivity index (χ1v) is 9.47. The molecule has 1 aliphatic carbocycles. The predicted octanol–water partition coefficient (Wildman–Crippen LogP) is 4.61. The Hall–Kier alpha value is -2.53. The molecule has 2 aromatic rings. The number of carbonyl (C=O) groups excluding carboxylic acids is 2. The van der Waals surface area contributed by atoms with E-state index >= 15 is 0 Å². The van der Waals surface area contributed by atoms with Crippen molar-refractivity contribution in [3.63, 3.8) is 0 Å². The monoisotopic (exact) mass is 385 g/mol. The van der Waals surface area contributed by atoms with Gasteiger partial charge >= 0.3 is 0 Å². The lowest BCUT2D eigenvalue weighted by atomic mass is 9.98. The van der Waals surface area contributed by atoms with E-state index in [4.69, 9.17) is 16.0 Å². The molecule has 140 valence electrons. The quantitative estimate of drug-likeness (QED) is 0.476. The number of hydrogen-bond donors (Lipinski definition) is 1. The summed E-state index contributed by atoms with van der Waals surface area (Å²) in [5, 5.41) is 11.4. The predicted molar refractivity (Wildman–Crippen MR) is 101 cm³/mol. The van der Waals surface area contributed by atoms with Crippen LogP contribution < -0.4 is 0 Å². The van der Waals surface area contributed by atoms with E-state index < -0.39 is 17.7 Å². The van der Waals surface area contributed by atoms with Crippen molar-refractivity contribution in [3.05, 3.63) is 64.1 Å². The Balaban J connectivity index is 1.88. The lowest BCUT2D eigenvalue weighted by Gasteiger charge is -2.29. The Morgan fingerprint density at radius 1 is 1.19 bits per heavy atom. The third-order valence-electron chi connectivity index (χ3n) is 5.33. The summed E-state index contributed by atoms with van der Waals surface area (Å²) in [5.74, 6) is -0.315. The maximum absolute atomic E-state index is 12.9. The van der Waals surface area contributed by atoms with Gasteiger partial charge in [0.05, 0.1) is 5.57 Å². The van der Waals surface area contributed by atoms with Crippen molar-refractivity contribution in [1.29, 1.82) is 0 Å². The van der Waals surface area contributed by atoms with Gasteiger partial charge in [0.15, 0.2) is 0 Å². The van der Waals surface area contributed by atoms with E-state index in [-0.39, 0.29) is 17.4 Å². The van der Waals surface area contributed by atoms with E-state index in [1.807, 2.05) is 6.92 Å². The maximum atomic E-state index is 12.9. The summed E-state index contributed by atoms with van der Waals surface area (Å²) in [6, 6.07) is 9.42. The number of aliphatic hydroxyl groups is 1. The summed E-state index contributed by atoms with van der Waals surface area (Å²) >= 11 is 6.04. The zero-order valence-electron chi connectivity index (χ0n) is 14.9. The van der Waals surface area contributed by atoms with Crippen LogP contribution in [-0.4, -0.2) is 27.7 Å². The fourth-order valence-electron chi connectivity index (χ4n) is 4.08. The molecular weight excluding hydrogens is 366 g/mol. The highest BCUT2D eigenvalue weighted by molar-refractivity contribution is 6.46. The van der Waals surface area contributed by atoms with Crippen molar-refractivity contribution in [3.8, 4) is 0 Å². The zero-order valence-corrected chi connectivity index (χ0v) is 15.7. The second-order valence-electron chi connectivity index (χ2n) is 7.10. The van der Waals surface area contributed by atoms with Crippen LogP contribution in [0.4, 0.5) is 0 Å². The molecule has 4 rings (SSSR count). The smallest absolute Gasteiger partial charge is 0.296 e. The van der Waals surface area contributed by atoms with Crippen LogP contribution in [0.2, 0.25) is 5.02 Å². The Kier molecular flexibility index (Phi) is 4.56. The Labute approximate surface area is 162 Å². The van der Waals surface area contributed by atoms with Gasteiger partial charge < -0.3 is 14.4 Å². The van der Waals surface area contributed by atoms with E-state index in [1.54, 1.807) is 41.3 Å². The first-order valence-electron chi connectivity index (χ1n) is 9.09. The van der Waals surface area contributed by atoms with Gasteiger partial charge in [-0.25, -0.2) is 0 Å². The average molecular weight is 386 g/mol. The summed E-state index contributed by atoms with van der Waals surface area (Å²) in [7, 11) is 0. The van der Waals surface area contributed by atoms with E-state index in [2.05, 4.69) is 0 Å². The van der Waals surface area contributed by atoms with E-state index in [0.717, 1.165) is 25.7 Å². The van der Waals surface area contributed by atoms with Crippen molar-refractivity contribution in [2.75, 3.05) is 0 Å². The van der Waals surface area contributed by atoms with Gasteiger partial charge in [-0.1, -0.05) is 36.6 Å². The second-order valence-corrected chi connectivity index (χ2v) is 7.54. The van der Waals surface area contributed by atoms with Crippen molar-refractivity contribution in [2.45, 2.75) is 44.7 Å². The average Bonchev–Trinajstić information content (AvgIpc) is 3.36. The van der Waals surface area contributed by atoms with Crippen LogP contribution in [0.3, 0.4) is 0 Å². The van der Waals surface area contributed by atoms with Crippen LogP contribution in [0.5, 0.6) is 0 Å². The van der Waals surface area contributed by atoms with Crippen molar-refractivity contribution in [1.82, 2.24) is 4.90 Å².